The van der Waals surface area contributed by atoms with Gasteiger partial charge in [-0.25, -0.2) is 4.98 Å². The topological polar surface area (TPSA) is 19.4 Å². The SMILES string of the molecule is Cc1cccc(CN2CCN(c3ccc(-c4nc5ccccc5s4)cc3)CC2)c1. The third-order valence-electron chi connectivity index (χ3n) is 5.63. The number of hydrogen-bond donors (Lipinski definition) is 0. The lowest BCUT2D eigenvalue weighted by Crippen LogP contribution is -2.45. The van der Waals surface area contributed by atoms with Gasteiger partial charge in [-0.3, -0.25) is 4.90 Å². The van der Waals surface area contributed by atoms with Crippen LogP contribution < -0.4 is 4.90 Å². The highest BCUT2D eigenvalue weighted by atomic mass is 32.1. The zero-order valence-corrected chi connectivity index (χ0v) is 17.5. The third-order valence-corrected chi connectivity index (χ3v) is 6.72. The van der Waals surface area contributed by atoms with E-state index in [4.69, 9.17) is 4.98 Å². The summed E-state index contributed by atoms with van der Waals surface area (Å²) in [6.07, 6.45) is 0. The molecule has 0 saturated carbocycles. The van der Waals surface area contributed by atoms with Gasteiger partial charge in [-0.05, 0) is 48.9 Å². The highest BCUT2D eigenvalue weighted by molar-refractivity contribution is 7.21. The molecule has 2 heterocycles. The van der Waals surface area contributed by atoms with Gasteiger partial charge in [0.25, 0.3) is 0 Å². The molecule has 1 fully saturated rings. The number of benzene rings is 3. The number of piperazine rings is 1. The highest BCUT2D eigenvalue weighted by Crippen LogP contribution is 2.31. The second kappa shape index (κ2) is 7.97. The molecular formula is C25H25N3S. The summed E-state index contributed by atoms with van der Waals surface area (Å²) in [5.41, 5.74) is 6.35. The molecule has 4 aromatic rings. The molecule has 0 bridgehead atoms. The Hall–Kier alpha value is -2.69. The van der Waals surface area contributed by atoms with Crippen LogP contribution in [-0.4, -0.2) is 36.1 Å². The Balaban J connectivity index is 1.23. The van der Waals surface area contributed by atoms with Gasteiger partial charge in [0.2, 0.25) is 0 Å². The van der Waals surface area contributed by atoms with Crippen LogP contribution in [0.5, 0.6) is 0 Å². The van der Waals surface area contributed by atoms with Crippen LogP contribution in [0.25, 0.3) is 20.8 Å². The van der Waals surface area contributed by atoms with Gasteiger partial charge >= 0.3 is 0 Å². The Bertz CT molecular complexity index is 1080. The van der Waals surface area contributed by atoms with Gasteiger partial charge in [0, 0.05) is 44.0 Å². The quantitative estimate of drug-likeness (QED) is 0.446. The molecule has 0 amide bonds. The molecule has 0 unspecified atom stereocenters. The first-order valence-electron chi connectivity index (χ1n) is 10.2. The van der Waals surface area contributed by atoms with E-state index >= 15 is 0 Å². The summed E-state index contributed by atoms with van der Waals surface area (Å²) in [6.45, 7) is 7.57. The summed E-state index contributed by atoms with van der Waals surface area (Å²) >= 11 is 1.76. The summed E-state index contributed by atoms with van der Waals surface area (Å²) in [4.78, 5) is 9.83. The Morgan fingerprint density at radius 3 is 2.41 bits per heavy atom. The molecule has 0 aliphatic carbocycles. The van der Waals surface area contributed by atoms with Crippen LogP contribution in [0.1, 0.15) is 11.1 Å². The van der Waals surface area contributed by atoms with Crippen LogP contribution in [0.2, 0.25) is 0 Å². The standard InChI is InChI=1S/C25H25N3S/c1-19-5-4-6-20(17-19)18-27-13-15-28(16-14-27)22-11-9-21(10-12-22)25-26-23-7-2-3-8-24(23)29-25/h2-12,17H,13-16,18H2,1H3. The largest absolute Gasteiger partial charge is 0.369 e. The van der Waals surface area contributed by atoms with Gasteiger partial charge in [0.15, 0.2) is 0 Å². The predicted molar refractivity (Wildman–Crippen MR) is 124 cm³/mol. The van der Waals surface area contributed by atoms with Crippen molar-refractivity contribution in [3.63, 3.8) is 0 Å². The number of hydrogen-bond acceptors (Lipinski definition) is 4. The molecule has 0 radical (unpaired) electrons. The lowest BCUT2D eigenvalue weighted by molar-refractivity contribution is 0.250. The van der Waals surface area contributed by atoms with Crippen LogP contribution in [0.15, 0.2) is 72.8 Å². The van der Waals surface area contributed by atoms with E-state index in [2.05, 4.69) is 83.5 Å². The molecule has 1 aliphatic heterocycles. The van der Waals surface area contributed by atoms with Gasteiger partial charge in [0.05, 0.1) is 10.2 Å². The zero-order valence-electron chi connectivity index (χ0n) is 16.7. The van der Waals surface area contributed by atoms with E-state index in [0.29, 0.717) is 0 Å². The summed E-state index contributed by atoms with van der Waals surface area (Å²) in [6, 6.07) is 26.1. The zero-order chi connectivity index (χ0) is 19.6. The minimum atomic E-state index is 1.05. The van der Waals surface area contributed by atoms with E-state index in [1.54, 1.807) is 11.3 Å². The molecule has 4 heteroatoms. The van der Waals surface area contributed by atoms with Crippen molar-refractivity contribution < 1.29 is 0 Å². The van der Waals surface area contributed by atoms with Crippen molar-refractivity contribution in [1.29, 1.82) is 0 Å². The van der Waals surface area contributed by atoms with Crippen LogP contribution in [0.4, 0.5) is 5.69 Å². The number of fused-ring (bicyclic) bond motifs is 1. The van der Waals surface area contributed by atoms with Crippen molar-refractivity contribution in [1.82, 2.24) is 9.88 Å². The van der Waals surface area contributed by atoms with E-state index < -0.39 is 0 Å². The Labute approximate surface area is 176 Å². The number of aromatic nitrogens is 1. The van der Waals surface area contributed by atoms with Crippen LogP contribution in [-0.2, 0) is 6.54 Å². The van der Waals surface area contributed by atoms with Crippen LogP contribution >= 0.6 is 11.3 Å². The molecule has 29 heavy (non-hydrogen) atoms. The van der Waals surface area contributed by atoms with E-state index in [9.17, 15) is 0 Å². The average Bonchev–Trinajstić information content (AvgIpc) is 3.19. The number of aryl methyl sites for hydroxylation is 1. The number of thiazole rings is 1. The molecule has 146 valence electrons. The van der Waals surface area contributed by atoms with Crippen molar-refractivity contribution in [3.8, 4) is 10.6 Å². The van der Waals surface area contributed by atoms with Gasteiger partial charge in [-0.2, -0.15) is 0 Å². The normalized spacial score (nSPS) is 15.1. The summed E-state index contributed by atoms with van der Waals surface area (Å²) in [7, 11) is 0. The van der Waals surface area contributed by atoms with E-state index in [1.807, 2.05) is 6.07 Å². The third kappa shape index (κ3) is 4.04. The molecule has 1 aliphatic rings. The molecule has 1 aromatic heterocycles. The molecule has 3 nitrogen and oxygen atoms in total. The fourth-order valence-electron chi connectivity index (χ4n) is 4.04. The number of para-hydroxylation sites is 1. The Morgan fingerprint density at radius 2 is 1.66 bits per heavy atom. The monoisotopic (exact) mass is 399 g/mol. The predicted octanol–water partition coefficient (Wildman–Crippen LogP) is 5.59. The first-order chi connectivity index (χ1) is 14.2. The second-order valence-electron chi connectivity index (χ2n) is 7.79. The first kappa shape index (κ1) is 18.3. The first-order valence-corrected chi connectivity index (χ1v) is 11.1. The van der Waals surface area contributed by atoms with Gasteiger partial charge in [-0.1, -0.05) is 42.0 Å². The average molecular weight is 400 g/mol. The summed E-state index contributed by atoms with van der Waals surface area (Å²) in [5.74, 6) is 0. The van der Waals surface area contributed by atoms with Gasteiger partial charge < -0.3 is 4.90 Å². The molecule has 5 rings (SSSR count). The van der Waals surface area contributed by atoms with Crippen LogP contribution in [0, 0.1) is 6.92 Å². The number of nitrogens with zero attached hydrogens (tertiary/aromatic N) is 3. The van der Waals surface area contributed by atoms with Crippen molar-refractivity contribution in [2.75, 3.05) is 31.1 Å². The van der Waals surface area contributed by atoms with Crippen molar-refractivity contribution >= 4 is 27.2 Å². The molecular weight excluding hydrogens is 374 g/mol. The smallest absolute Gasteiger partial charge is 0.124 e. The van der Waals surface area contributed by atoms with Crippen molar-refractivity contribution in [2.45, 2.75) is 13.5 Å². The van der Waals surface area contributed by atoms with Gasteiger partial charge in [-0.15, -0.1) is 11.3 Å². The summed E-state index contributed by atoms with van der Waals surface area (Å²) < 4.78 is 1.25. The maximum atomic E-state index is 4.78. The number of rotatable bonds is 4. The molecule has 1 saturated heterocycles. The van der Waals surface area contributed by atoms with E-state index in [1.165, 1.54) is 27.1 Å². The molecule has 0 spiro atoms. The highest BCUT2D eigenvalue weighted by Gasteiger charge is 2.17. The summed E-state index contributed by atoms with van der Waals surface area (Å²) in [5, 5.41) is 1.10. The van der Waals surface area contributed by atoms with Crippen LogP contribution in [0.3, 0.4) is 0 Å². The Kier molecular flexibility index (Phi) is 5.04. The minimum Gasteiger partial charge on any atom is -0.369 e. The Morgan fingerprint density at radius 1 is 0.862 bits per heavy atom. The van der Waals surface area contributed by atoms with Crippen molar-refractivity contribution in [2.24, 2.45) is 0 Å². The lowest BCUT2D eigenvalue weighted by atomic mass is 10.1. The molecule has 0 N–H and O–H groups in total. The van der Waals surface area contributed by atoms with Gasteiger partial charge in [0.1, 0.15) is 5.01 Å². The van der Waals surface area contributed by atoms with E-state index in [-0.39, 0.29) is 0 Å². The lowest BCUT2D eigenvalue weighted by Gasteiger charge is -2.36. The fraction of sp³-hybridized carbons (Fsp3) is 0.240. The maximum absolute atomic E-state index is 4.78. The molecule has 3 aromatic carbocycles. The van der Waals surface area contributed by atoms with E-state index in [0.717, 1.165) is 43.2 Å². The molecule has 0 atom stereocenters. The fourth-order valence-corrected chi connectivity index (χ4v) is 5.01. The minimum absolute atomic E-state index is 1.05. The maximum Gasteiger partial charge on any atom is 0.124 e. The van der Waals surface area contributed by atoms with Crippen molar-refractivity contribution in [3.05, 3.63) is 83.9 Å². The second-order valence-corrected chi connectivity index (χ2v) is 8.82. The number of anilines is 1.